The molecule has 1 rings (SSSR count). The highest BCUT2D eigenvalue weighted by Crippen LogP contribution is 2.66. The van der Waals surface area contributed by atoms with Crippen molar-refractivity contribution in [1.29, 1.82) is 0 Å². The van der Waals surface area contributed by atoms with Crippen LogP contribution in [0.4, 0.5) is 0 Å². The lowest BCUT2D eigenvalue weighted by molar-refractivity contribution is 0.239. The fourth-order valence-electron chi connectivity index (χ4n) is 3.91. The Morgan fingerprint density at radius 2 is 1.45 bits per heavy atom. The van der Waals surface area contributed by atoms with Gasteiger partial charge in [0.15, 0.2) is 8.32 Å². The van der Waals surface area contributed by atoms with Crippen LogP contribution in [0.5, 0.6) is 0 Å². The van der Waals surface area contributed by atoms with E-state index in [2.05, 4.69) is 71.1 Å². The SMILES string of the molecule is C[Si](C)(C)O[C@@H]1C=CC[P@](Cl)C1([Si](C)(C)C)[Si](C)(C)C. The first-order valence-electron chi connectivity index (χ1n) is 7.51. The predicted molar refractivity (Wildman–Crippen MR) is 104 cm³/mol. The Morgan fingerprint density at radius 3 is 1.80 bits per heavy atom. The highest BCUT2D eigenvalue weighted by atomic mass is 35.7. The second-order valence-corrected chi connectivity index (χ2v) is 28.3. The minimum atomic E-state index is -1.58. The van der Waals surface area contributed by atoms with Crippen LogP contribution >= 0.6 is 18.5 Å². The molecule has 1 heterocycles. The monoisotopic (exact) mass is 366 g/mol. The van der Waals surface area contributed by atoms with Gasteiger partial charge < -0.3 is 4.43 Å². The van der Waals surface area contributed by atoms with Crippen molar-refractivity contribution in [1.82, 2.24) is 0 Å². The summed E-state index contributed by atoms with van der Waals surface area (Å²) in [5, 5.41) is 0. The van der Waals surface area contributed by atoms with E-state index in [1.54, 1.807) is 0 Å². The molecule has 0 saturated carbocycles. The molecule has 20 heavy (non-hydrogen) atoms. The molecule has 0 aromatic heterocycles. The van der Waals surface area contributed by atoms with Crippen molar-refractivity contribution < 1.29 is 4.43 Å². The summed E-state index contributed by atoms with van der Waals surface area (Å²) in [7, 11) is -5.00. The summed E-state index contributed by atoms with van der Waals surface area (Å²) in [6.07, 6.45) is 5.96. The zero-order chi connectivity index (χ0) is 16.0. The molecule has 1 aliphatic rings. The van der Waals surface area contributed by atoms with Gasteiger partial charge in [-0.15, -0.1) is 0 Å². The Labute approximate surface area is 135 Å². The van der Waals surface area contributed by atoms with Gasteiger partial charge in [0.2, 0.25) is 0 Å². The van der Waals surface area contributed by atoms with Gasteiger partial charge >= 0.3 is 0 Å². The molecule has 1 nitrogen and oxygen atoms in total. The lowest BCUT2D eigenvalue weighted by Gasteiger charge is -2.59. The van der Waals surface area contributed by atoms with Gasteiger partial charge in [-0.1, -0.05) is 62.7 Å². The third-order valence-electron chi connectivity index (χ3n) is 4.14. The van der Waals surface area contributed by atoms with Crippen molar-refractivity contribution >= 4 is 43.0 Å². The number of allylic oxidation sites excluding steroid dienone is 1. The molecule has 0 fully saturated rings. The molecule has 0 aromatic rings. The topological polar surface area (TPSA) is 9.23 Å². The summed E-state index contributed by atoms with van der Waals surface area (Å²) >= 11 is 7.05. The fourth-order valence-corrected chi connectivity index (χ4v) is 28.8. The molecule has 0 N–H and O–H groups in total. The predicted octanol–water partition coefficient (Wildman–Crippen LogP) is 5.91. The molecule has 0 aliphatic carbocycles. The van der Waals surface area contributed by atoms with Crippen molar-refractivity contribution in [3.63, 3.8) is 0 Å². The van der Waals surface area contributed by atoms with Gasteiger partial charge in [-0.2, -0.15) is 0 Å². The maximum Gasteiger partial charge on any atom is 0.184 e. The second-order valence-electron chi connectivity index (χ2n) is 8.89. The van der Waals surface area contributed by atoms with Crippen LogP contribution in [0.25, 0.3) is 0 Å². The molecule has 1 aliphatic heterocycles. The van der Waals surface area contributed by atoms with Gasteiger partial charge in [-0.3, -0.25) is 0 Å². The smallest absolute Gasteiger partial charge is 0.184 e. The first kappa shape index (κ1) is 19.1. The molecule has 2 atom stereocenters. The highest BCUT2D eigenvalue weighted by molar-refractivity contribution is 7.89. The van der Waals surface area contributed by atoms with Gasteiger partial charge in [0.05, 0.1) is 22.3 Å². The van der Waals surface area contributed by atoms with Gasteiger partial charge in [0.1, 0.15) is 0 Å². The largest absolute Gasteiger partial charge is 0.411 e. The van der Waals surface area contributed by atoms with E-state index < -0.39 is 31.7 Å². The maximum atomic E-state index is 7.05. The zero-order valence-electron chi connectivity index (χ0n) is 14.7. The Kier molecular flexibility index (Phi) is 5.67. The van der Waals surface area contributed by atoms with E-state index in [1.807, 2.05) is 0 Å². The van der Waals surface area contributed by atoms with E-state index in [0.29, 0.717) is 0 Å². The molecule has 0 amide bonds. The normalized spacial score (nSPS) is 27.7. The van der Waals surface area contributed by atoms with Crippen LogP contribution in [-0.2, 0) is 4.43 Å². The third-order valence-corrected chi connectivity index (χ3v) is 24.0. The standard InChI is InChI=1S/C14H32ClOPSi3/c1-18(2,3)14(19(4,5)6)13(16-20(7,8)9)11-10-12-17(14)15/h10-11,13H,12H2,1-9H3/t13-,17+/m1/s1. The van der Waals surface area contributed by atoms with Gasteiger partial charge in [-0.05, 0) is 33.1 Å². The van der Waals surface area contributed by atoms with Gasteiger partial charge in [0, 0.05) is 4.40 Å². The summed E-state index contributed by atoms with van der Waals surface area (Å²) in [5.41, 5.74) is 0. The molecule has 0 bridgehead atoms. The number of rotatable bonds is 4. The molecule has 0 spiro atoms. The van der Waals surface area contributed by atoms with Crippen LogP contribution in [-0.4, -0.2) is 41.1 Å². The fraction of sp³-hybridized carbons (Fsp3) is 0.857. The molecule has 118 valence electrons. The van der Waals surface area contributed by atoms with Gasteiger partial charge in [-0.25, -0.2) is 0 Å². The zero-order valence-corrected chi connectivity index (χ0v) is 19.3. The molecule has 0 unspecified atom stereocenters. The second kappa shape index (κ2) is 5.93. The van der Waals surface area contributed by atoms with Gasteiger partial charge in [0.25, 0.3) is 0 Å². The van der Waals surface area contributed by atoms with E-state index in [9.17, 15) is 0 Å². The first-order valence-corrected chi connectivity index (χ1v) is 20.4. The van der Waals surface area contributed by atoms with E-state index in [4.69, 9.17) is 15.7 Å². The van der Waals surface area contributed by atoms with Crippen LogP contribution in [0.3, 0.4) is 0 Å². The molecular weight excluding hydrogens is 335 g/mol. The minimum absolute atomic E-state index is 0.255. The van der Waals surface area contributed by atoms with E-state index >= 15 is 0 Å². The number of hydrogen-bond donors (Lipinski definition) is 0. The Balaban J connectivity index is 3.45. The van der Waals surface area contributed by atoms with Crippen LogP contribution in [0.1, 0.15) is 0 Å². The minimum Gasteiger partial charge on any atom is -0.411 e. The van der Waals surface area contributed by atoms with Crippen LogP contribution in [0, 0.1) is 0 Å². The summed E-state index contributed by atoms with van der Waals surface area (Å²) in [6, 6.07) is 0. The molecule has 0 aromatic carbocycles. The number of halogens is 1. The maximum absolute atomic E-state index is 7.05. The average Bonchev–Trinajstić information content (AvgIpc) is 2.09. The van der Waals surface area contributed by atoms with E-state index in [0.717, 1.165) is 6.16 Å². The van der Waals surface area contributed by atoms with Crippen LogP contribution < -0.4 is 0 Å². The van der Waals surface area contributed by atoms with Crippen molar-refractivity contribution in [3.8, 4) is 0 Å². The van der Waals surface area contributed by atoms with E-state index in [1.165, 1.54) is 0 Å². The van der Waals surface area contributed by atoms with Crippen molar-refractivity contribution in [3.05, 3.63) is 12.2 Å². The average molecular weight is 367 g/mol. The first-order chi connectivity index (χ1) is 8.73. The summed E-state index contributed by atoms with van der Waals surface area (Å²) in [5.74, 6) is 0. The molecule has 6 heteroatoms. The quantitative estimate of drug-likeness (QED) is 0.341. The third kappa shape index (κ3) is 3.52. The van der Waals surface area contributed by atoms with Crippen molar-refractivity contribution in [2.75, 3.05) is 6.16 Å². The highest BCUT2D eigenvalue weighted by Gasteiger charge is 2.62. The summed E-state index contributed by atoms with van der Waals surface area (Å²) in [4.78, 5) is 0. The molecule has 0 saturated heterocycles. The molecule has 0 radical (unpaired) electrons. The summed E-state index contributed by atoms with van der Waals surface area (Å²) < 4.78 is 6.94. The lowest BCUT2D eigenvalue weighted by Crippen LogP contribution is -2.72. The Hall–Kier alpha value is 1.07. The molecular formula is C14H32ClOPSi3. The van der Waals surface area contributed by atoms with Crippen LogP contribution in [0.2, 0.25) is 58.9 Å². The number of hydrogen-bond acceptors (Lipinski definition) is 1. The Bertz CT molecular complexity index is 365. The Morgan fingerprint density at radius 1 is 1.00 bits per heavy atom. The summed E-state index contributed by atoms with van der Waals surface area (Å²) in [6.45, 7) is 21.9. The lowest BCUT2D eigenvalue weighted by atomic mass is 10.3. The van der Waals surface area contributed by atoms with E-state index in [-0.39, 0.29) is 10.5 Å². The van der Waals surface area contributed by atoms with Crippen LogP contribution in [0.15, 0.2) is 12.2 Å². The van der Waals surface area contributed by atoms with Crippen molar-refractivity contribution in [2.45, 2.75) is 69.4 Å². The van der Waals surface area contributed by atoms with Crippen molar-refractivity contribution in [2.24, 2.45) is 0 Å².